The fourth-order valence-electron chi connectivity index (χ4n) is 2.14. The Balaban J connectivity index is 0.000000720. The number of piperazine rings is 1. The third-order valence-electron chi connectivity index (χ3n) is 2.76. The SMILES string of the molecule is [CH2-]N1CC2CC1CN2C(C)=O.[K+]. The van der Waals surface area contributed by atoms with Crippen molar-refractivity contribution in [2.24, 2.45) is 0 Å². The molecule has 1 amide bonds. The molecule has 0 aromatic rings. The summed E-state index contributed by atoms with van der Waals surface area (Å²) in [5.41, 5.74) is 0. The Morgan fingerprint density at radius 1 is 1.42 bits per heavy atom. The molecule has 0 spiro atoms. The molecule has 0 aliphatic carbocycles. The first-order valence-electron chi connectivity index (χ1n) is 4.03. The smallest absolute Gasteiger partial charge is 0.453 e. The largest absolute Gasteiger partial charge is 1.00 e. The maximum absolute atomic E-state index is 11.0. The van der Waals surface area contributed by atoms with Crippen LogP contribution in [-0.2, 0) is 4.79 Å². The van der Waals surface area contributed by atoms with Gasteiger partial charge in [-0.2, -0.15) is 0 Å². The van der Waals surface area contributed by atoms with Crippen molar-refractivity contribution in [3.8, 4) is 0 Å². The van der Waals surface area contributed by atoms with Gasteiger partial charge in [-0.05, 0) is 13.0 Å². The molecule has 2 heterocycles. The van der Waals surface area contributed by atoms with E-state index in [0.717, 1.165) is 19.5 Å². The van der Waals surface area contributed by atoms with Gasteiger partial charge < -0.3 is 9.80 Å². The van der Waals surface area contributed by atoms with E-state index in [0.29, 0.717) is 12.1 Å². The molecule has 0 aromatic heterocycles. The van der Waals surface area contributed by atoms with Crippen LogP contribution in [0.1, 0.15) is 13.3 Å². The molecule has 12 heavy (non-hydrogen) atoms. The molecular weight excluding hydrogens is 179 g/mol. The fourth-order valence-corrected chi connectivity index (χ4v) is 2.14. The van der Waals surface area contributed by atoms with Gasteiger partial charge in [0.2, 0.25) is 5.91 Å². The summed E-state index contributed by atoms with van der Waals surface area (Å²) in [5, 5.41) is 0. The van der Waals surface area contributed by atoms with Crippen LogP contribution >= 0.6 is 0 Å². The number of nitrogens with zero attached hydrogens (tertiary/aromatic N) is 2. The number of amides is 1. The number of fused-ring (bicyclic) bond motifs is 2. The molecule has 2 aliphatic heterocycles. The molecule has 62 valence electrons. The summed E-state index contributed by atoms with van der Waals surface area (Å²) in [7, 11) is 3.91. The summed E-state index contributed by atoms with van der Waals surface area (Å²) in [4.78, 5) is 15.1. The number of hydrogen-bond acceptors (Lipinski definition) is 2. The number of likely N-dealkylation sites (tertiary alicyclic amines) is 2. The van der Waals surface area contributed by atoms with Crippen LogP contribution in [0.4, 0.5) is 0 Å². The van der Waals surface area contributed by atoms with Gasteiger partial charge in [0.05, 0.1) is 0 Å². The molecule has 2 aliphatic rings. The maximum Gasteiger partial charge on any atom is 1.00 e. The first-order chi connectivity index (χ1) is 5.18. The van der Waals surface area contributed by atoms with Gasteiger partial charge in [-0.15, -0.1) is 0 Å². The quantitative estimate of drug-likeness (QED) is 0.303. The summed E-state index contributed by atoms with van der Waals surface area (Å²) in [5.74, 6) is 0.214. The molecule has 0 radical (unpaired) electrons. The number of carbonyl (C=O) groups excluding carboxylic acids is 1. The maximum atomic E-state index is 11.0. The van der Waals surface area contributed by atoms with Crippen molar-refractivity contribution in [2.45, 2.75) is 25.4 Å². The molecule has 0 N–H and O–H groups in total. The van der Waals surface area contributed by atoms with E-state index in [4.69, 9.17) is 0 Å². The van der Waals surface area contributed by atoms with E-state index < -0.39 is 0 Å². The van der Waals surface area contributed by atoms with Crippen LogP contribution in [0.15, 0.2) is 0 Å². The van der Waals surface area contributed by atoms with Gasteiger partial charge in [0.1, 0.15) is 0 Å². The second-order valence-corrected chi connectivity index (χ2v) is 3.49. The van der Waals surface area contributed by atoms with E-state index in [-0.39, 0.29) is 57.3 Å². The predicted octanol–water partition coefficient (Wildman–Crippen LogP) is -2.91. The zero-order valence-electron chi connectivity index (χ0n) is 7.79. The molecule has 3 nitrogen and oxygen atoms in total. The van der Waals surface area contributed by atoms with Crippen LogP contribution in [0.2, 0.25) is 0 Å². The molecule has 4 heteroatoms. The van der Waals surface area contributed by atoms with Gasteiger partial charge in [-0.25, -0.2) is 0 Å². The standard InChI is InChI=1S/C8H13N2O.K/c1-6(11)10-5-7-3-8(10)4-9(7)2;/h7-8H,2-5H2,1H3;/q-1;+1. The molecule has 2 rings (SSSR count). The van der Waals surface area contributed by atoms with Gasteiger partial charge >= 0.3 is 51.4 Å². The minimum absolute atomic E-state index is 0. The van der Waals surface area contributed by atoms with E-state index in [1.165, 1.54) is 0 Å². The first-order valence-corrected chi connectivity index (χ1v) is 4.03. The molecular formula is C8H13KN2O. The van der Waals surface area contributed by atoms with Crippen molar-refractivity contribution >= 4 is 5.91 Å². The zero-order chi connectivity index (χ0) is 8.01. The summed E-state index contributed by atoms with van der Waals surface area (Å²) >= 11 is 0. The average Bonchev–Trinajstić information content (AvgIpc) is 2.43. The van der Waals surface area contributed by atoms with Crippen LogP contribution in [0.5, 0.6) is 0 Å². The Labute approximate surface area is 116 Å². The van der Waals surface area contributed by atoms with E-state index in [1.807, 2.05) is 4.90 Å². The molecule has 2 unspecified atom stereocenters. The van der Waals surface area contributed by atoms with Crippen molar-refractivity contribution in [1.29, 1.82) is 0 Å². The van der Waals surface area contributed by atoms with E-state index >= 15 is 0 Å². The first kappa shape index (κ1) is 11.1. The van der Waals surface area contributed by atoms with Crippen LogP contribution in [0, 0.1) is 7.05 Å². The third-order valence-corrected chi connectivity index (χ3v) is 2.76. The van der Waals surface area contributed by atoms with E-state index in [2.05, 4.69) is 11.9 Å². The van der Waals surface area contributed by atoms with Gasteiger partial charge in [-0.3, -0.25) is 11.8 Å². The van der Waals surface area contributed by atoms with Gasteiger partial charge in [-0.1, -0.05) is 0 Å². The predicted molar refractivity (Wildman–Crippen MR) is 41.6 cm³/mol. The Kier molecular flexibility index (Phi) is 3.77. The van der Waals surface area contributed by atoms with Crippen LogP contribution in [-0.4, -0.2) is 40.9 Å². The second kappa shape index (κ2) is 4.06. The van der Waals surface area contributed by atoms with E-state index in [1.54, 1.807) is 6.92 Å². The molecule has 2 bridgehead atoms. The summed E-state index contributed by atoms with van der Waals surface area (Å²) < 4.78 is 0. The molecule has 2 saturated heterocycles. The zero-order valence-corrected chi connectivity index (χ0v) is 10.9. The second-order valence-electron chi connectivity index (χ2n) is 3.49. The minimum Gasteiger partial charge on any atom is -0.453 e. The summed E-state index contributed by atoms with van der Waals surface area (Å²) in [6.45, 7) is 3.50. The van der Waals surface area contributed by atoms with Crippen LogP contribution < -0.4 is 51.4 Å². The summed E-state index contributed by atoms with van der Waals surface area (Å²) in [6.07, 6.45) is 1.13. The Morgan fingerprint density at radius 3 is 2.42 bits per heavy atom. The monoisotopic (exact) mass is 192 g/mol. The normalized spacial score (nSPS) is 33.7. The molecule has 2 atom stereocenters. The van der Waals surface area contributed by atoms with Crippen molar-refractivity contribution in [3.05, 3.63) is 7.05 Å². The Morgan fingerprint density at radius 2 is 2.08 bits per heavy atom. The van der Waals surface area contributed by atoms with Crippen molar-refractivity contribution in [2.75, 3.05) is 13.1 Å². The minimum atomic E-state index is 0. The molecule has 0 saturated carbocycles. The third kappa shape index (κ3) is 1.78. The molecule has 0 aromatic carbocycles. The van der Waals surface area contributed by atoms with Crippen LogP contribution in [0.3, 0.4) is 0 Å². The van der Waals surface area contributed by atoms with Gasteiger partial charge in [0.15, 0.2) is 0 Å². The number of hydrogen-bond donors (Lipinski definition) is 0. The van der Waals surface area contributed by atoms with Crippen molar-refractivity contribution in [1.82, 2.24) is 9.80 Å². The number of carbonyl (C=O) groups is 1. The number of rotatable bonds is 0. The van der Waals surface area contributed by atoms with Crippen LogP contribution in [0.25, 0.3) is 0 Å². The van der Waals surface area contributed by atoms with E-state index in [9.17, 15) is 4.79 Å². The van der Waals surface area contributed by atoms with Crippen molar-refractivity contribution < 1.29 is 56.2 Å². The Bertz CT molecular complexity index is 195. The molecule has 2 fully saturated rings. The topological polar surface area (TPSA) is 23.6 Å². The summed E-state index contributed by atoms with van der Waals surface area (Å²) in [6, 6.07) is 0.985. The van der Waals surface area contributed by atoms with Crippen molar-refractivity contribution in [3.63, 3.8) is 0 Å². The Hall–Kier alpha value is 1.07. The van der Waals surface area contributed by atoms with Gasteiger partial charge in [0, 0.05) is 25.6 Å². The fraction of sp³-hybridized carbons (Fsp3) is 0.750. The van der Waals surface area contributed by atoms with Gasteiger partial charge in [0.25, 0.3) is 0 Å². The average molecular weight is 192 g/mol.